The second-order valence-corrected chi connectivity index (χ2v) is 5.65. The van der Waals surface area contributed by atoms with Crippen LogP contribution < -0.4 is 10.0 Å². The van der Waals surface area contributed by atoms with Gasteiger partial charge in [0.05, 0.1) is 5.25 Å². The summed E-state index contributed by atoms with van der Waals surface area (Å²) in [6.07, 6.45) is 4.56. The van der Waals surface area contributed by atoms with Crippen LogP contribution in [0.3, 0.4) is 0 Å². The SMILES string of the molecule is O=S(=O)(Nc1ncccn1)C1CCCNC1. The maximum absolute atomic E-state index is 11.9. The molecule has 0 spiro atoms. The molecule has 2 N–H and O–H groups in total. The van der Waals surface area contributed by atoms with E-state index in [-0.39, 0.29) is 5.95 Å². The van der Waals surface area contributed by atoms with Gasteiger partial charge in [0, 0.05) is 18.9 Å². The Kier molecular flexibility index (Phi) is 3.35. The van der Waals surface area contributed by atoms with Gasteiger partial charge in [0.1, 0.15) is 0 Å². The number of hydrogen-bond donors (Lipinski definition) is 2. The average Bonchev–Trinajstić information content (AvgIpc) is 2.31. The zero-order valence-corrected chi connectivity index (χ0v) is 9.57. The standard InChI is InChI=1S/C9H14N4O2S/c14-16(15,8-3-1-4-10-7-8)13-9-11-5-2-6-12-9/h2,5-6,8,10H,1,3-4,7H2,(H,11,12,13). The van der Waals surface area contributed by atoms with Crippen LogP contribution in [0, 0.1) is 0 Å². The van der Waals surface area contributed by atoms with E-state index in [9.17, 15) is 8.42 Å². The first-order valence-corrected chi connectivity index (χ1v) is 6.72. The van der Waals surface area contributed by atoms with Crippen LogP contribution in [0.15, 0.2) is 18.5 Å². The van der Waals surface area contributed by atoms with E-state index < -0.39 is 15.3 Å². The third-order valence-corrected chi connectivity index (χ3v) is 4.24. The highest BCUT2D eigenvalue weighted by Gasteiger charge is 2.27. The third kappa shape index (κ3) is 2.67. The minimum Gasteiger partial charge on any atom is -0.315 e. The van der Waals surface area contributed by atoms with Gasteiger partial charge in [0.15, 0.2) is 0 Å². The van der Waals surface area contributed by atoms with Crippen LogP contribution in [-0.2, 0) is 10.0 Å². The summed E-state index contributed by atoms with van der Waals surface area (Å²) in [6.45, 7) is 1.37. The van der Waals surface area contributed by atoms with Crippen molar-refractivity contribution >= 4 is 16.0 Å². The molecule has 1 atom stereocenters. The van der Waals surface area contributed by atoms with Crippen LogP contribution in [0.1, 0.15) is 12.8 Å². The molecule has 0 aliphatic carbocycles. The fraction of sp³-hybridized carbons (Fsp3) is 0.556. The average molecular weight is 242 g/mol. The van der Waals surface area contributed by atoms with E-state index in [1.54, 1.807) is 6.07 Å². The topological polar surface area (TPSA) is 84.0 Å². The van der Waals surface area contributed by atoms with E-state index >= 15 is 0 Å². The van der Waals surface area contributed by atoms with E-state index in [1.807, 2.05) is 0 Å². The molecule has 0 radical (unpaired) electrons. The highest BCUT2D eigenvalue weighted by Crippen LogP contribution is 2.13. The molecule has 0 aromatic carbocycles. The number of aromatic nitrogens is 2. The molecular weight excluding hydrogens is 228 g/mol. The lowest BCUT2D eigenvalue weighted by Gasteiger charge is -2.22. The molecular formula is C9H14N4O2S. The minimum atomic E-state index is -3.37. The van der Waals surface area contributed by atoms with E-state index in [4.69, 9.17) is 0 Å². The molecule has 2 rings (SSSR count). The molecule has 88 valence electrons. The molecule has 2 heterocycles. The molecule has 7 heteroatoms. The zero-order valence-electron chi connectivity index (χ0n) is 8.76. The quantitative estimate of drug-likeness (QED) is 0.777. The van der Waals surface area contributed by atoms with Crippen molar-refractivity contribution in [2.75, 3.05) is 17.8 Å². The van der Waals surface area contributed by atoms with Gasteiger partial charge in [-0.05, 0) is 25.5 Å². The largest absolute Gasteiger partial charge is 0.315 e. The summed E-state index contributed by atoms with van der Waals surface area (Å²) in [4.78, 5) is 7.67. The number of anilines is 1. The predicted molar refractivity (Wildman–Crippen MR) is 60.5 cm³/mol. The fourth-order valence-corrected chi connectivity index (χ4v) is 2.99. The first-order valence-electron chi connectivity index (χ1n) is 5.18. The molecule has 1 saturated heterocycles. The first-order chi connectivity index (χ1) is 7.68. The minimum absolute atomic E-state index is 0.132. The Balaban J connectivity index is 2.08. The summed E-state index contributed by atoms with van der Waals surface area (Å²) in [5, 5.41) is 2.67. The number of nitrogens with zero attached hydrogens (tertiary/aromatic N) is 2. The van der Waals surface area contributed by atoms with E-state index in [2.05, 4.69) is 20.0 Å². The molecule has 0 bridgehead atoms. The van der Waals surface area contributed by atoms with Gasteiger partial charge in [-0.15, -0.1) is 0 Å². The van der Waals surface area contributed by atoms with Crippen LogP contribution in [0.5, 0.6) is 0 Å². The van der Waals surface area contributed by atoms with Gasteiger partial charge in [-0.25, -0.2) is 18.4 Å². The normalized spacial score (nSPS) is 21.6. The Labute approximate surface area is 94.6 Å². The number of rotatable bonds is 3. The molecule has 1 aromatic heterocycles. The zero-order chi connectivity index (χ0) is 11.4. The van der Waals surface area contributed by atoms with Gasteiger partial charge >= 0.3 is 0 Å². The van der Waals surface area contributed by atoms with Crippen molar-refractivity contribution in [2.45, 2.75) is 18.1 Å². The fourth-order valence-electron chi connectivity index (χ4n) is 1.65. The molecule has 6 nitrogen and oxygen atoms in total. The maximum atomic E-state index is 11.9. The van der Waals surface area contributed by atoms with Gasteiger partial charge < -0.3 is 5.32 Å². The summed E-state index contributed by atoms with van der Waals surface area (Å²) in [6, 6.07) is 1.64. The highest BCUT2D eigenvalue weighted by molar-refractivity contribution is 7.93. The maximum Gasteiger partial charge on any atom is 0.239 e. The van der Waals surface area contributed by atoms with Gasteiger partial charge in [-0.3, -0.25) is 4.72 Å². The van der Waals surface area contributed by atoms with Crippen molar-refractivity contribution in [3.05, 3.63) is 18.5 Å². The summed E-state index contributed by atoms with van der Waals surface area (Å²) < 4.78 is 26.2. The predicted octanol–water partition coefficient (Wildman–Crippen LogP) is -0.0297. The molecule has 1 aromatic rings. The highest BCUT2D eigenvalue weighted by atomic mass is 32.2. The molecule has 16 heavy (non-hydrogen) atoms. The molecule has 1 aliphatic rings. The van der Waals surface area contributed by atoms with Gasteiger partial charge in [0.25, 0.3) is 0 Å². The summed E-state index contributed by atoms with van der Waals surface area (Å²) in [7, 11) is -3.37. The van der Waals surface area contributed by atoms with E-state index in [0.29, 0.717) is 13.0 Å². The van der Waals surface area contributed by atoms with E-state index in [1.165, 1.54) is 12.4 Å². The second-order valence-electron chi connectivity index (χ2n) is 3.69. The van der Waals surface area contributed by atoms with Crippen molar-refractivity contribution in [1.29, 1.82) is 0 Å². The molecule has 0 amide bonds. The number of nitrogens with one attached hydrogen (secondary N) is 2. The molecule has 1 aliphatic heterocycles. The Bertz CT molecular complexity index is 428. The lowest BCUT2D eigenvalue weighted by molar-refractivity contribution is 0.499. The van der Waals surface area contributed by atoms with Crippen LogP contribution in [-0.4, -0.2) is 36.7 Å². The number of piperidine rings is 1. The van der Waals surface area contributed by atoms with Crippen LogP contribution in [0.2, 0.25) is 0 Å². The third-order valence-electron chi connectivity index (χ3n) is 2.49. The monoisotopic (exact) mass is 242 g/mol. The lowest BCUT2D eigenvalue weighted by Crippen LogP contribution is -2.41. The van der Waals surface area contributed by atoms with Crippen molar-refractivity contribution < 1.29 is 8.42 Å². The van der Waals surface area contributed by atoms with Gasteiger partial charge in [0.2, 0.25) is 16.0 Å². The Morgan fingerprint density at radius 3 is 2.75 bits per heavy atom. The van der Waals surface area contributed by atoms with Crippen LogP contribution in [0.4, 0.5) is 5.95 Å². The lowest BCUT2D eigenvalue weighted by atomic mass is 10.2. The second kappa shape index (κ2) is 4.75. The van der Waals surface area contributed by atoms with Crippen LogP contribution >= 0.6 is 0 Å². The van der Waals surface area contributed by atoms with Crippen molar-refractivity contribution in [2.24, 2.45) is 0 Å². The summed E-state index contributed by atoms with van der Waals surface area (Å²) in [5.74, 6) is 0.132. The summed E-state index contributed by atoms with van der Waals surface area (Å²) in [5.41, 5.74) is 0. The van der Waals surface area contributed by atoms with Crippen molar-refractivity contribution in [3.63, 3.8) is 0 Å². The smallest absolute Gasteiger partial charge is 0.239 e. The Morgan fingerprint density at radius 2 is 2.12 bits per heavy atom. The Hall–Kier alpha value is -1.21. The molecule has 1 unspecified atom stereocenters. The molecule has 0 saturated carbocycles. The van der Waals surface area contributed by atoms with Crippen molar-refractivity contribution in [3.8, 4) is 0 Å². The van der Waals surface area contributed by atoms with Crippen molar-refractivity contribution in [1.82, 2.24) is 15.3 Å². The first kappa shape index (κ1) is 11.3. The Morgan fingerprint density at radius 1 is 1.38 bits per heavy atom. The van der Waals surface area contributed by atoms with Crippen LogP contribution in [0.25, 0.3) is 0 Å². The number of hydrogen-bond acceptors (Lipinski definition) is 5. The van der Waals surface area contributed by atoms with Gasteiger partial charge in [-0.1, -0.05) is 0 Å². The summed E-state index contributed by atoms with van der Waals surface area (Å²) >= 11 is 0. The number of sulfonamides is 1. The van der Waals surface area contributed by atoms with E-state index in [0.717, 1.165) is 13.0 Å². The molecule has 1 fully saturated rings. The van der Waals surface area contributed by atoms with Gasteiger partial charge in [-0.2, -0.15) is 0 Å².